The lowest BCUT2D eigenvalue weighted by atomic mass is 10.1. The Labute approximate surface area is 95.1 Å². The quantitative estimate of drug-likeness (QED) is 0.820. The van der Waals surface area contributed by atoms with E-state index in [0.29, 0.717) is 12.1 Å². The standard InChI is InChI=1S/C12H17NO3/c1-3-4-5-13(2)12(16)9-6-10(14)8-11(15)7-9/h6-8,14-15H,3-5H2,1-2H3. The number of nitrogens with zero attached hydrogens (tertiary/aromatic N) is 1. The molecule has 0 heterocycles. The number of phenols is 2. The second-order valence-corrected chi connectivity index (χ2v) is 3.82. The van der Waals surface area contributed by atoms with Crippen molar-refractivity contribution in [2.75, 3.05) is 13.6 Å². The number of carbonyl (C=O) groups excluding carboxylic acids is 1. The maximum absolute atomic E-state index is 11.9. The third kappa shape index (κ3) is 3.15. The predicted octanol–water partition coefficient (Wildman–Crippen LogP) is 1.97. The highest BCUT2D eigenvalue weighted by atomic mass is 16.3. The summed E-state index contributed by atoms with van der Waals surface area (Å²) in [5.74, 6) is -0.404. The number of rotatable bonds is 4. The van der Waals surface area contributed by atoms with Crippen molar-refractivity contribution >= 4 is 5.91 Å². The molecule has 0 spiro atoms. The van der Waals surface area contributed by atoms with Gasteiger partial charge >= 0.3 is 0 Å². The molecule has 2 N–H and O–H groups in total. The summed E-state index contributed by atoms with van der Waals surface area (Å²) in [6.07, 6.45) is 1.95. The summed E-state index contributed by atoms with van der Waals surface area (Å²) in [6.45, 7) is 2.73. The zero-order chi connectivity index (χ0) is 12.1. The maximum atomic E-state index is 11.9. The highest BCUT2D eigenvalue weighted by molar-refractivity contribution is 5.94. The van der Waals surface area contributed by atoms with Gasteiger partial charge in [0.15, 0.2) is 0 Å². The summed E-state index contributed by atoms with van der Waals surface area (Å²) in [5, 5.41) is 18.5. The van der Waals surface area contributed by atoms with Gasteiger partial charge in [0.25, 0.3) is 5.91 Å². The monoisotopic (exact) mass is 223 g/mol. The van der Waals surface area contributed by atoms with E-state index in [4.69, 9.17) is 0 Å². The molecule has 4 heteroatoms. The lowest BCUT2D eigenvalue weighted by Gasteiger charge is -2.16. The molecule has 0 unspecified atom stereocenters. The molecule has 16 heavy (non-hydrogen) atoms. The smallest absolute Gasteiger partial charge is 0.253 e. The van der Waals surface area contributed by atoms with Gasteiger partial charge in [-0.25, -0.2) is 0 Å². The van der Waals surface area contributed by atoms with Crippen LogP contribution in [0.3, 0.4) is 0 Å². The SMILES string of the molecule is CCCCN(C)C(=O)c1cc(O)cc(O)c1. The molecule has 0 bridgehead atoms. The summed E-state index contributed by atoms with van der Waals surface area (Å²) in [4.78, 5) is 13.4. The zero-order valence-corrected chi connectivity index (χ0v) is 9.60. The van der Waals surface area contributed by atoms with Crippen molar-refractivity contribution in [3.8, 4) is 11.5 Å². The van der Waals surface area contributed by atoms with E-state index in [1.54, 1.807) is 11.9 Å². The van der Waals surface area contributed by atoms with E-state index in [1.807, 2.05) is 0 Å². The summed E-state index contributed by atoms with van der Waals surface area (Å²) in [7, 11) is 1.71. The fourth-order valence-electron chi connectivity index (χ4n) is 1.44. The van der Waals surface area contributed by atoms with Gasteiger partial charge in [-0.05, 0) is 18.6 Å². The molecule has 0 fully saturated rings. The van der Waals surface area contributed by atoms with Crippen molar-refractivity contribution in [1.82, 2.24) is 4.90 Å². The summed E-state index contributed by atoms with van der Waals surface area (Å²) in [6, 6.07) is 3.90. The first-order chi connectivity index (χ1) is 7.54. The number of hydrogen-bond acceptors (Lipinski definition) is 3. The first-order valence-electron chi connectivity index (χ1n) is 5.33. The third-order valence-corrected chi connectivity index (χ3v) is 2.34. The Morgan fingerprint density at radius 3 is 2.31 bits per heavy atom. The molecular weight excluding hydrogens is 206 g/mol. The van der Waals surface area contributed by atoms with Gasteiger partial charge in [0.1, 0.15) is 11.5 Å². The van der Waals surface area contributed by atoms with Gasteiger partial charge in [-0.1, -0.05) is 13.3 Å². The van der Waals surface area contributed by atoms with Gasteiger partial charge in [0.2, 0.25) is 0 Å². The van der Waals surface area contributed by atoms with Crippen LogP contribution in [0.4, 0.5) is 0 Å². The molecule has 0 saturated carbocycles. The van der Waals surface area contributed by atoms with E-state index in [0.717, 1.165) is 12.8 Å². The van der Waals surface area contributed by atoms with E-state index in [2.05, 4.69) is 6.92 Å². The minimum atomic E-state index is -0.195. The highest BCUT2D eigenvalue weighted by Crippen LogP contribution is 2.21. The van der Waals surface area contributed by atoms with Crippen LogP contribution < -0.4 is 0 Å². The highest BCUT2D eigenvalue weighted by Gasteiger charge is 2.12. The Balaban J connectivity index is 2.79. The second-order valence-electron chi connectivity index (χ2n) is 3.82. The van der Waals surface area contributed by atoms with Crippen LogP contribution in [0.1, 0.15) is 30.1 Å². The topological polar surface area (TPSA) is 60.8 Å². The number of unbranched alkanes of at least 4 members (excludes halogenated alkanes) is 1. The number of amides is 1. The molecule has 1 amide bonds. The van der Waals surface area contributed by atoms with E-state index in [1.165, 1.54) is 18.2 Å². The molecular formula is C12H17NO3. The number of phenolic OH excluding ortho intramolecular Hbond substituents is 2. The molecule has 1 rings (SSSR count). The lowest BCUT2D eigenvalue weighted by molar-refractivity contribution is 0.0792. The second kappa shape index (κ2) is 5.39. The third-order valence-electron chi connectivity index (χ3n) is 2.34. The van der Waals surface area contributed by atoms with Crippen LogP contribution >= 0.6 is 0 Å². The van der Waals surface area contributed by atoms with Gasteiger partial charge in [0.05, 0.1) is 0 Å². The van der Waals surface area contributed by atoms with E-state index in [9.17, 15) is 15.0 Å². The van der Waals surface area contributed by atoms with Gasteiger partial charge in [0, 0.05) is 25.2 Å². The zero-order valence-electron chi connectivity index (χ0n) is 9.60. The molecule has 1 aromatic rings. The minimum absolute atomic E-state index is 0.104. The summed E-state index contributed by atoms with van der Waals surface area (Å²) < 4.78 is 0. The Kier molecular flexibility index (Phi) is 4.17. The van der Waals surface area contributed by atoms with Gasteiger partial charge in [-0.15, -0.1) is 0 Å². The average molecular weight is 223 g/mol. The fraction of sp³-hybridized carbons (Fsp3) is 0.417. The van der Waals surface area contributed by atoms with Crippen LogP contribution in [0.15, 0.2) is 18.2 Å². The van der Waals surface area contributed by atoms with E-state index >= 15 is 0 Å². The number of aromatic hydroxyl groups is 2. The number of benzene rings is 1. The normalized spacial score (nSPS) is 10.1. The molecule has 0 aliphatic heterocycles. The van der Waals surface area contributed by atoms with Gasteiger partial charge < -0.3 is 15.1 Å². The predicted molar refractivity (Wildman–Crippen MR) is 61.6 cm³/mol. The average Bonchev–Trinajstić information content (AvgIpc) is 2.23. The van der Waals surface area contributed by atoms with Crippen LogP contribution in [0.5, 0.6) is 11.5 Å². The minimum Gasteiger partial charge on any atom is -0.508 e. The summed E-state index contributed by atoms with van der Waals surface area (Å²) in [5.41, 5.74) is 0.302. The van der Waals surface area contributed by atoms with E-state index in [-0.39, 0.29) is 17.4 Å². The number of carbonyl (C=O) groups is 1. The molecule has 88 valence electrons. The molecule has 0 aliphatic rings. The molecule has 4 nitrogen and oxygen atoms in total. The molecule has 0 atom stereocenters. The van der Waals surface area contributed by atoms with Crippen LogP contribution in [-0.2, 0) is 0 Å². The first-order valence-corrected chi connectivity index (χ1v) is 5.33. The first kappa shape index (κ1) is 12.4. The molecule has 1 aromatic carbocycles. The van der Waals surface area contributed by atoms with Crippen molar-refractivity contribution in [1.29, 1.82) is 0 Å². The van der Waals surface area contributed by atoms with Gasteiger partial charge in [-0.2, -0.15) is 0 Å². The van der Waals surface area contributed by atoms with Crippen molar-refractivity contribution in [2.24, 2.45) is 0 Å². The number of hydrogen-bond donors (Lipinski definition) is 2. The van der Waals surface area contributed by atoms with Crippen LogP contribution in [0.2, 0.25) is 0 Å². The summed E-state index contributed by atoms with van der Waals surface area (Å²) >= 11 is 0. The van der Waals surface area contributed by atoms with Gasteiger partial charge in [-0.3, -0.25) is 4.79 Å². The van der Waals surface area contributed by atoms with Crippen molar-refractivity contribution in [3.63, 3.8) is 0 Å². The fourth-order valence-corrected chi connectivity index (χ4v) is 1.44. The Bertz CT molecular complexity index is 356. The van der Waals surface area contributed by atoms with Crippen LogP contribution in [0.25, 0.3) is 0 Å². The van der Waals surface area contributed by atoms with E-state index < -0.39 is 0 Å². The molecule has 0 aromatic heterocycles. The molecule has 0 saturated heterocycles. The Morgan fingerprint density at radius 2 is 1.81 bits per heavy atom. The molecule has 0 aliphatic carbocycles. The lowest BCUT2D eigenvalue weighted by Crippen LogP contribution is -2.27. The van der Waals surface area contributed by atoms with Crippen LogP contribution in [0, 0.1) is 0 Å². The van der Waals surface area contributed by atoms with Crippen molar-refractivity contribution in [3.05, 3.63) is 23.8 Å². The maximum Gasteiger partial charge on any atom is 0.253 e. The molecule has 0 radical (unpaired) electrons. The Hall–Kier alpha value is -1.71. The Morgan fingerprint density at radius 1 is 1.25 bits per heavy atom. The van der Waals surface area contributed by atoms with Crippen molar-refractivity contribution in [2.45, 2.75) is 19.8 Å². The largest absolute Gasteiger partial charge is 0.508 e. The van der Waals surface area contributed by atoms with Crippen molar-refractivity contribution < 1.29 is 15.0 Å². The van der Waals surface area contributed by atoms with Crippen LogP contribution in [-0.4, -0.2) is 34.6 Å².